The second kappa shape index (κ2) is 6.27. The Morgan fingerprint density at radius 1 is 1.30 bits per heavy atom. The number of rotatable bonds is 4. The maximum Gasteiger partial charge on any atom is 0.255 e. The van der Waals surface area contributed by atoms with Crippen LogP contribution in [0, 0.1) is 0 Å². The van der Waals surface area contributed by atoms with Crippen LogP contribution in [-0.4, -0.2) is 36.1 Å². The third-order valence-electron chi connectivity index (χ3n) is 2.37. The van der Waals surface area contributed by atoms with E-state index in [4.69, 9.17) is 4.74 Å². The minimum Gasteiger partial charge on any atom is -0.507 e. The fraction of sp³-hybridized carbons (Fsp3) is 0.429. The number of amides is 2. The topological polar surface area (TPSA) is 87.7 Å². The summed E-state index contributed by atoms with van der Waals surface area (Å²) >= 11 is 0. The first-order chi connectivity index (χ1) is 9.23. The molecule has 0 saturated heterocycles. The van der Waals surface area contributed by atoms with Gasteiger partial charge in [0.25, 0.3) is 5.91 Å². The van der Waals surface area contributed by atoms with Gasteiger partial charge in [0, 0.05) is 5.54 Å². The molecule has 0 spiro atoms. The molecule has 0 aromatic heterocycles. The fourth-order valence-electron chi connectivity index (χ4n) is 1.54. The van der Waals surface area contributed by atoms with Gasteiger partial charge in [-0.25, -0.2) is 0 Å². The van der Waals surface area contributed by atoms with E-state index >= 15 is 0 Å². The molecule has 0 saturated carbocycles. The summed E-state index contributed by atoms with van der Waals surface area (Å²) in [5.74, 6) is -0.551. The zero-order valence-corrected chi connectivity index (χ0v) is 12.1. The molecule has 1 rings (SSSR count). The third-order valence-corrected chi connectivity index (χ3v) is 2.37. The highest BCUT2D eigenvalue weighted by molar-refractivity contribution is 5.99. The Morgan fingerprint density at radius 3 is 2.50 bits per heavy atom. The number of hydrogen-bond donors (Lipinski definition) is 3. The van der Waals surface area contributed by atoms with Crippen molar-refractivity contribution < 1.29 is 19.4 Å². The van der Waals surface area contributed by atoms with Crippen LogP contribution in [0.3, 0.4) is 0 Å². The molecule has 6 nitrogen and oxygen atoms in total. The number of phenols is 1. The molecule has 110 valence electrons. The van der Waals surface area contributed by atoms with Crippen molar-refractivity contribution in [3.8, 4) is 11.5 Å². The lowest BCUT2D eigenvalue weighted by Crippen LogP contribution is -2.45. The lowest BCUT2D eigenvalue weighted by molar-refractivity contribution is -0.121. The van der Waals surface area contributed by atoms with Crippen LogP contribution >= 0.6 is 0 Å². The Balaban J connectivity index is 2.66. The van der Waals surface area contributed by atoms with Crippen molar-refractivity contribution in [2.75, 3.05) is 13.7 Å². The molecule has 2 amide bonds. The molecule has 0 aliphatic rings. The first kappa shape index (κ1) is 15.8. The molecule has 0 bridgehead atoms. The van der Waals surface area contributed by atoms with Gasteiger partial charge < -0.3 is 20.5 Å². The van der Waals surface area contributed by atoms with E-state index in [0.717, 1.165) is 0 Å². The summed E-state index contributed by atoms with van der Waals surface area (Å²) in [6.45, 7) is 5.38. The molecule has 0 atom stereocenters. The number of methoxy groups -OCH3 is 1. The lowest BCUT2D eigenvalue weighted by Gasteiger charge is -2.20. The molecule has 1 aromatic carbocycles. The molecule has 20 heavy (non-hydrogen) atoms. The van der Waals surface area contributed by atoms with Crippen LogP contribution in [-0.2, 0) is 4.79 Å². The van der Waals surface area contributed by atoms with Gasteiger partial charge in [0.15, 0.2) is 0 Å². The van der Waals surface area contributed by atoms with Crippen molar-refractivity contribution in [3.05, 3.63) is 23.8 Å². The Kier molecular flexibility index (Phi) is 4.96. The summed E-state index contributed by atoms with van der Waals surface area (Å²) < 4.78 is 4.98. The first-order valence-corrected chi connectivity index (χ1v) is 6.19. The maximum atomic E-state index is 11.9. The number of benzene rings is 1. The van der Waals surface area contributed by atoms with Crippen molar-refractivity contribution in [1.82, 2.24) is 10.6 Å². The Bertz CT molecular complexity index is 506. The standard InChI is InChI=1S/C14H20N2O4/c1-14(2,3)16-12(18)8-15-13(19)10-7-9(20-4)5-6-11(10)17/h5-7,17H,8H2,1-4H3,(H,15,19)(H,16,18). The quantitative estimate of drug-likeness (QED) is 0.769. The molecule has 0 unspecified atom stereocenters. The normalized spacial score (nSPS) is 10.8. The minimum absolute atomic E-state index is 0.0629. The van der Waals surface area contributed by atoms with Gasteiger partial charge >= 0.3 is 0 Å². The molecule has 0 radical (unpaired) electrons. The van der Waals surface area contributed by atoms with Crippen LogP contribution < -0.4 is 15.4 Å². The van der Waals surface area contributed by atoms with Gasteiger partial charge in [0.1, 0.15) is 11.5 Å². The van der Waals surface area contributed by atoms with Gasteiger partial charge in [0.05, 0.1) is 19.2 Å². The van der Waals surface area contributed by atoms with Gasteiger partial charge in [-0.05, 0) is 39.0 Å². The van der Waals surface area contributed by atoms with Crippen LogP contribution in [0.2, 0.25) is 0 Å². The second-order valence-corrected chi connectivity index (χ2v) is 5.36. The molecule has 1 aromatic rings. The summed E-state index contributed by atoms with van der Waals surface area (Å²) in [7, 11) is 1.46. The second-order valence-electron chi connectivity index (χ2n) is 5.36. The molecule has 0 fully saturated rings. The zero-order valence-electron chi connectivity index (χ0n) is 12.1. The average Bonchev–Trinajstić information content (AvgIpc) is 2.34. The fourth-order valence-corrected chi connectivity index (χ4v) is 1.54. The van der Waals surface area contributed by atoms with Gasteiger partial charge in [-0.15, -0.1) is 0 Å². The summed E-state index contributed by atoms with van der Waals surface area (Å²) in [5, 5.41) is 14.8. The van der Waals surface area contributed by atoms with Crippen molar-refractivity contribution in [2.24, 2.45) is 0 Å². The summed E-state index contributed by atoms with van der Waals surface area (Å²) in [5.41, 5.74) is -0.298. The maximum absolute atomic E-state index is 11.9. The van der Waals surface area contributed by atoms with E-state index in [1.165, 1.54) is 19.2 Å². The Labute approximate surface area is 118 Å². The van der Waals surface area contributed by atoms with Crippen molar-refractivity contribution in [3.63, 3.8) is 0 Å². The summed E-state index contributed by atoms with van der Waals surface area (Å²) in [4.78, 5) is 23.5. The van der Waals surface area contributed by atoms with E-state index in [1.807, 2.05) is 20.8 Å². The molecule has 0 aliphatic heterocycles. The van der Waals surface area contributed by atoms with E-state index in [9.17, 15) is 14.7 Å². The van der Waals surface area contributed by atoms with E-state index in [2.05, 4.69) is 10.6 Å². The molecule has 3 N–H and O–H groups in total. The lowest BCUT2D eigenvalue weighted by atomic mass is 10.1. The highest BCUT2D eigenvalue weighted by Gasteiger charge is 2.16. The summed E-state index contributed by atoms with van der Waals surface area (Å²) in [6.07, 6.45) is 0. The van der Waals surface area contributed by atoms with Crippen molar-refractivity contribution in [1.29, 1.82) is 0 Å². The van der Waals surface area contributed by atoms with E-state index in [1.54, 1.807) is 6.07 Å². The Morgan fingerprint density at radius 2 is 1.95 bits per heavy atom. The first-order valence-electron chi connectivity index (χ1n) is 6.19. The number of hydrogen-bond acceptors (Lipinski definition) is 4. The van der Waals surface area contributed by atoms with Crippen LogP contribution in [0.15, 0.2) is 18.2 Å². The predicted octanol–water partition coefficient (Wildman–Crippen LogP) is 1.05. The van der Waals surface area contributed by atoms with Gasteiger partial charge in [-0.3, -0.25) is 9.59 Å². The van der Waals surface area contributed by atoms with Gasteiger partial charge in [-0.1, -0.05) is 0 Å². The number of ether oxygens (including phenoxy) is 1. The SMILES string of the molecule is COc1ccc(O)c(C(=O)NCC(=O)NC(C)(C)C)c1. The average molecular weight is 280 g/mol. The number of phenolic OH excluding ortho intramolecular Hbond substituents is 1. The predicted molar refractivity (Wildman–Crippen MR) is 74.9 cm³/mol. The van der Waals surface area contributed by atoms with Gasteiger partial charge in [0.2, 0.25) is 5.91 Å². The molecular weight excluding hydrogens is 260 g/mol. The number of carbonyl (C=O) groups is 2. The third kappa shape index (κ3) is 4.79. The zero-order chi connectivity index (χ0) is 15.3. The monoisotopic (exact) mass is 280 g/mol. The molecule has 6 heteroatoms. The molecule has 0 heterocycles. The number of nitrogens with one attached hydrogen (secondary N) is 2. The number of aromatic hydroxyl groups is 1. The van der Waals surface area contributed by atoms with Crippen LogP contribution in [0.4, 0.5) is 0 Å². The largest absolute Gasteiger partial charge is 0.507 e. The highest BCUT2D eigenvalue weighted by atomic mass is 16.5. The highest BCUT2D eigenvalue weighted by Crippen LogP contribution is 2.22. The van der Waals surface area contributed by atoms with Crippen LogP contribution in [0.5, 0.6) is 11.5 Å². The van der Waals surface area contributed by atoms with Crippen LogP contribution in [0.25, 0.3) is 0 Å². The van der Waals surface area contributed by atoms with Crippen molar-refractivity contribution in [2.45, 2.75) is 26.3 Å². The smallest absolute Gasteiger partial charge is 0.255 e. The van der Waals surface area contributed by atoms with E-state index in [0.29, 0.717) is 5.75 Å². The molecule has 0 aliphatic carbocycles. The van der Waals surface area contributed by atoms with E-state index < -0.39 is 5.91 Å². The number of carbonyl (C=O) groups excluding carboxylic acids is 2. The van der Waals surface area contributed by atoms with E-state index in [-0.39, 0.29) is 29.3 Å². The minimum atomic E-state index is -0.537. The van der Waals surface area contributed by atoms with Gasteiger partial charge in [-0.2, -0.15) is 0 Å². The summed E-state index contributed by atoms with van der Waals surface area (Å²) in [6, 6.07) is 4.31. The molecular formula is C14H20N2O4. The Hall–Kier alpha value is -2.24. The van der Waals surface area contributed by atoms with Crippen molar-refractivity contribution >= 4 is 11.8 Å². The van der Waals surface area contributed by atoms with Crippen LogP contribution in [0.1, 0.15) is 31.1 Å².